The van der Waals surface area contributed by atoms with Crippen molar-refractivity contribution in [2.24, 2.45) is 4.99 Å². The van der Waals surface area contributed by atoms with Gasteiger partial charge in [0.2, 0.25) is 6.08 Å². The summed E-state index contributed by atoms with van der Waals surface area (Å²) in [6.07, 6.45) is 3.41. The molecule has 1 aliphatic rings. The van der Waals surface area contributed by atoms with Gasteiger partial charge in [0.15, 0.2) is 0 Å². The zero-order chi connectivity index (χ0) is 13.9. The van der Waals surface area contributed by atoms with Gasteiger partial charge in [0, 0.05) is 16.3 Å². The topological polar surface area (TPSA) is 55.7 Å². The van der Waals surface area contributed by atoms with Crippen LogP contribution in [0.2, 0.25) is 0 Å². The number of fused-ring (bicyclic) bond motifs is 2. The SMILES string of the molecule is Cc1cc2c(C3(N=C=O)CC3)c3oc(C)cc3cc2o1. The lowest BCUT2D eigenvalue weighted by Crippen LogP contribution is -2.03. The summed E-state index contributed by atoms with van der Waals surface area (Å²) < 4.78 is 11.6. The molecule has 0 atom stereocenters. The Morgan fingerprint density at radius 3 is 2.60 bits per heavy atom. The first kappa shape index (κ1) is 11.5. The number of carbonyl (C=O) groups excluding carboxylic acids is 1. The normalized spacial score (nSPS) is 16.5. The average molecular weight is 267 g/mol. The number of hydrogen-bond acceptors (Lipinski definition) is 4. The molecule has 1 aromatic carbocycles. The molecule has 20 heavy (non-hydrogen) atoms. The fourth-order valence-corrected chi connectivity index (χ4v) is 3.02. The molecule has 0 radical (unpaired) electrons. The zero-order valence-electron chi connectivity index (χ0n) is 11.3. The maximum atomic E-state index is 10.8. The van der Waals surface area contributed by atoms with Gasteiger partial charge in [0.25, 0.3) is 0 Å². The Labute approximate surface area is 115 Å². The first-order chi connectivity index (χ1) is 9.63. The van der Waals surface area contributed by atoms with Gasteiger partial charge in [-0.25, -0.2) is 4.79 Å². The largest absolute Gasteiger partial charge is 0.461 e. The number of hydrogen-bond donors (Lipinski definition) is 0. The molecule has 4 rings (SSSR count). The zero-order valence-corrected chi connectivity index (χ0v) is 11.3. The third-order valence-electron chi connectivity index (χ3n) is 4.00. The van der Waals surface area contributed by atoms with Crippen LogP contribution in [0.25, 0.3) is 21.9 Å². The van der Waals surface area contributed by atoms with Gasteiger partial charge in [-0.2, -0.15) is 4.99 Å². The first-order valence-corrected chi connectivity index (χ1v) is 6.66. The van der Waals surface area contributed by atoms with Crippen molar-refractivity contribution in [3.05, 3.63) is 35.3 Å². The molecule has 2 heterocycles. The second-order valence-corrected chi connectivity index (χ2v) is 5.53. The number of benzene rings is 1. The fourth-order valence-electron chi connectivity index (χ4n) is 3.02. The minimum absolute atomic E-state index is 0.472. The Hall–Kier alpha value is -2.32. The molecular formula is C16H13NO3. The van der Waals surface area contributed by atoms with E-state index < -0.39 is 5.54 Å². The van der Waals surface area contributed by atoms with Crippen LogP contribution in [0.4, 0.5) is 0 Å². The summed E-state index contributed by atoms with van der Waals surface area (Å²) in [6, 6.07) is 5.96. The van der Waals surface area contributed by atoms with Crippen molar-refractivity contribution >= 4 is 28.0 Å². The summed E-state index contributed by atoms with van der Waals surface area (Å²) in [6.45, 7) is 3.83. The highest BCUT2D eigenvalue weighted by Crippen LogP contribution is 2.54. The van der Waals surface area contributed by atoms with Crippen molar-refractivity contribution in [3.63, 3.8) is 0 Å². The predicted molar refractivity (Wildman–Crippen MR) is 74.5 cm³/mol. The Balaban J connectivity index is 2.19. The maximum Gasteiger partial charge on any atom is 0.235 e. The van der Waals surface area contributed by atoms with E-state index in [9.17, 15) is 4.79 Å². The van der Waals surface area contributed by atoms with Crippen molar-refractivity contribution < 1.29 is 13.6 Å². The van der Waals surface area contributed by atoms with Crippen LogP contribution < -0.4 is 0 Å². The molecule has 1 aliphatic carbocycles. The van der Waals surface area contributed by atoms with Crippen molar-refractivity contribution in [2.45, 2.75) is 32.2 Å². The van der Waals surface area contributed by atoms with Gasteiger partial charge in [-0.05, 0) is 44.9 Å². The summed E-state index contributed by atoms with van der Waals surface area (Å²) in [7, 11) is 0. The quantitative estimate of drug-likeness (QED) is 0.518. The molecule has 0 amide bonds. The van der Waals surface area contributed by atoms with Gasteiger partial charge in [0.1, 0.15) is 28.2 Å². The second-order valence-electron chi connectivity index (χ2n) is 5.53. The third-order valence-corrected chi connectivity index (χ3v) is 4.00. The van der Waals surface area contributed by atoms with Crippen LogP contribution in [-0.4, -0.2) is 6.08 Å². The molecule has 0 saturated heterocycles. The molecule has 0 bridgehead atoms. The molecule has 0 N–H and O–H groups in total. The third kappa shape index (κ3) is 1.43. The Bertz CT molecular complexity index is 835. The molecule has 0 unspecified atom stereocenters. The summed E-state index contributed by atoms with van der Waals surface area (Å²) in [5.74, 6) is 1.69. The minimum Gasteiger partial charge on any atom is -0.461 e. The molecule has 4 nitrogen and oxygen atoms in total. The van der Waals surface area contributed by atoms with Gasteiger partial charge in [0.05, 0.1) is 0 Å². The lowest BCUT2D eigenvalue weighted by atomic mass is 9.98. The number of aryl methyl sites for hydroxylation is 2. The van der Waals surface area contributed by atoms with Gasteiger partial charge in [-0.3, -0.25) is 0 Å². The van der Waals surface area contributed by atoms with Crippen LogP contribution in [0, 0.1) is 13.8 Å². The van der Waals surface area contributed by atoms with Gasteiger partial charge in [-0.1, -0.05) is 0 Å². The van der Waals surface area contributed by atoms with Gasteiger partial charge in [-0.15, -0.1) is 0 Å². The number of nitrogens with zero attached hydrogens (tertiary/aromatic N) is 1. The van der Waals surface area contributed by atoms with E-state index in [1.807, 2.05) is 32.0 Å². The van der Waals surface area contributed by atoms with E-state index >= 15 is 0 Å². The van der Waals surface area contributed by atoms with Crippen LogP contribution in [0.3, 0.4) is 0 Å². The molecule has 0 spiro atoms. The number of isocyanates is 1. The Kier molecular flexibility index (Phi) is 2.08. The highest BCUT2D eigenvalue weighted by Gasteiger charge is 2.48. The van der Waals surface area contributed by atoms with Crippen LogP contribution in [-0.2, 0) is 10.3 Å². The number of furan rings is 2. The van der Waals surface area contributed by atoms with E-state index in [4.69, 9.17) is 8.83 Å². The predicted octanol–water partition coefficient (Wildman–Crippen LogP) is 4.12. The van der Waals surface area contributed by atoms with Gasteiger partial charge < -0.3 is 8.83 Å². The van der Waals surface area contributed by atoms with Crippen molar-refractivity contribution in [1.82, 2.24) is 0 Å². The van der Waals surface area contributed by atoms with Crippen molar-refractivity contribution in [2.75, 3.05) is 0 Å². The monoisotopic (exact) mass is 267 g/mol. The molecule has 2 aromatic heterocycles. The van der Waals surface area contributed by atoms with Crippen molar-refractivity contribution in [3.8, 4) is 0 Å². The first-order valence-electron chi connectivity index (χ1n) is 6.66. The fraction of sp³-hybridized carbons (Fsp3) is 0.312. The van der Waals surface area contributed by atoms with E-state index in [1.54, 1.807) is 6.08 Å². The lowest BCUT2D eigenvalue weighted by molar-refractivity contribution is 0.551. The average Bonchev–Trinajstić information content (AvgIpc) is 2.91. The van der Waals surface area contributed by atoms with Crippen LogP contribution in [0.5, 0.6) is 0 Å². The summed E-state index contributed by atoms with van der Waals surface area (Å²) >= 11 is 0. The minimum atomic E-state index is -0.472. The maximum absolute atomic E-state index is 10.8. The molecule has 3 aromatic rings. The van der Waals surface area contributed by atoms with Gasteiger partial charge >= 0.3 is 0 Å². The van der Waals surface area contributed by atoms with E-state index in [2.05, 4.69) is 4.99 Å². The van der Waals surface area contributed by atoms with Crippen LogP contribution in [0.15, 0.2) is 32.0 Å². The van der Waals surface area contributed by atoms with Crippen LogP contribution in [0.1, 0.15) is 29.9 Å². The Morgan fingerprint density at radius 2 is 1.90 bits per heavy atom. The highest BCUT2D eigenvalue weighted by molar-refractivity contribution is 5.99. The standard InChI is InChI=1S/C16H13NO3/c1-9-5-11-7-13-12(6-10(2)19-13)14(15(11)20-9)16(3-4-16)17-8-18/h5-7H,3-4H2,1-2H3. The molecule has 100 valence electrons. The molecular weight excluding hydrogens is 254 g/mol. The van der Waals surface area contributed by atoms with Crippen LogP contribution >= 0.6 is 0 Å². The summed E-state index contributed by atoms with van der Waals surface area (Å²) in [5, 5.41) is 1.98. The number of rotatable bonds is 2. The highest BCUT2D eigenvalue weighted by atomic mass is 16.3. The second kappa shape index (κ2) is 3.62. The number of aliphatic imine (C=N–C) groups is 1. The lowest BCUT2D eigenvalue weighted by Gasteiger charge is -2.10. The Morgan fingerprint density at radius 1 is 1.15 bits per heavy atom. The smallest absolute Gasteiger partial charge is 0.235 e. The van der Waals surface area contributed by atoms with Crippen molar-refractivity contribution in [1.29, 1.82) is 0 Å². The van der Waals surface area contributed by atoms with E-state index in [-0.39, 0.29) is 0 Å². The van der Waals surface area contributed by atoms with E-state index in [1.165, 1.54) is 0 Å². The summed E-state index contributed by atoms with van der Waals surface area (Å²) in [4.78, 5) is 14.8. The molecule has 0 aliphatic heterocycles. The molecule has 1 fully saturated rings. The molecule has 1 saturated carbocycles. The summed E-state index contributed by atoms with van der Waals surface area (Å²) in [5.41, 5.74) is 2.13. The molecule has 4 heteroatoms. The van der Waals surface area contributed by atoms with E-state index in [0.29, 0.717) is 0 Å². The van der Waals surface area contributed by atoms with E-state index in [0.717, 1.165) is 51.9 Å².